The van der Waals surface area contributed by atoms with Gasteiger partial charge in [-0.2, -0.15) is 0 Å². The van der Waals surface area contributed by atoms with E-state index in [1.54, 1.807) is 39.4 Å². The lowest BCUT2D eigenvalue weighted by atomic mass is 10.1. The third-order valence-electron chi connectivity index (χ3n) is 3.59. The number of pyridine rings is 1. The van der Waals surface area contributed by atoms with Crippen LogP contribution < -0.4 is 5.32 Å². The summed E-state index contributed by atoms with van der Waals surface area (Å²) in [5, 5.41) is 12.9. The van der Waals surface area contributed by atoms with Crippen LogP contribution in [0.2, 0.25) is 0 Å². The predicted octanol–water partition coefficient (Wildman–Crippen LogP) is 0.652. The van der Waals surface area contributed by atoms with Gasteiger partial charge in [-0.1, -0.05) is 0 Å². The molecule has 6 nitrogen and oxygen atoms in total. The van der Waals surface area contributed by atoms with Crippen molar-refractivity contribution in [3.63, 3.8) is 0 Å². The van der Waals surface area contributed by atoms with E-state index in [1.807, 2.05) is 4.90 Å². The van der Waals surface area contributed by atoms with Crippen LogP contribution in [0.3, 0.4) is 0 Å². The number of hydrogen-bond donors (Lipinski definition) is 2. The summed E-state index contributed by atoms with van der Waals surface area (Å²) in [6, 6.07) is 1.75. The lowest BCUT2D eigenvalue weighted by Crippen LogP contribution is -2.52. The highest BCUT2D eigenvalue weighted by atomic mass is 16.3. The lowest BCUT2D eigenvalue weighted by Gasteiger charge is -2.37. The van der Waals surface area contributed by atoms with Crippen LogP contribution in [0.25, 0.3) is 0 Å². The maximum absolute atomic E-state index is 12.6. The van der Waals surface area contributed by atoms with Crippen LogP contribution in [0.4, 0.5) is 5.69 Å². The highest BCUT2D eigenvalue weighted by molar-refractivity contribution is 5.99. The van der Waals surface area contributed by atoms with E-state index in [-0.39, 0.29) is 5.91 Å². The van der Waals surface area contributed by atoms with E-state index < -0.39 is 5.60 Å². The standard InChI is InChI=1S/C15H24N4O2/c1-15(2,21)11-18-6-8-19(9-7-18)14(20)12-4-5-17-10-13(12)16-3/h4-5,10,16,21H,6-9,11H2,1-3H3. The van der Waals surface area contributed by atoms with E-state index in [1.165, 1.54) is 0 Å². The van der Waals surface area contributed by atoms with Crippen molar-refractivity contribution in [2.45, 2.75) is 19.4 Å². The number of aromatic nitrogens is 1. The van der Waals surface area contributed by atoms with Crippen molar-refractivity contribution in [2.75, 3.05) is 45.1 Å². The van der Waals surface area contributed by atoms with Crippen LogP contribution >= 0.6 is 0 Å². The molecule has 0 aliphatic carbocycles. The Morgan fingerprint density at radius 2 is 2.05 bits per heavy atom. The maximum Gasteiger partial charge on any atom is 0.256 e. The fraction of sp³-hybridized carbons (Fsp3) is 0.600. The zero-order valence-electron chi connectivity index (χ0n) is 13.0. The number of anilines is 1. The molecule has 1 fully saturated rings. The smallest absolute Gasteiger partial charge is 0.256 e. The molecule has 0 saturated carbocycles. The van der Waals surface area contributed by atoms with Crippen molar-refractivity contribution < 1.29 is 9.90 Å². The first-order valence-electron chi connectivity index (χ1n) is 7.26. The number of nitrogens with zero attached hydrogens (tertiary/aromatic N) is 3. The van der Waals surface area contributed by atoms with Gasteiger partial charge in [-0.05, 0) is 19.9 Å². The van der Waals surface area contributed by atoms with Gasteiger partial charge in [0.05, 0.1) is 23.0 Å². The Morgan fingerprint density at radius 1 is 1.38 bits per heavy atom. The molecule has 2 N–H and O–H groups in total. The van der Waals surface area contributed by atoms with Crippen LogP contribution in [0.1, 0.15) is 24.2 Å². The van der Waals surface area contributed by atoms with Gasteiger partial charge in [0.1, 0.15) is 0 Å². The Morgan fingerprint density at radius 3 is 2.62 bits per heavy atom. The molecule has 0 unspecified atom stereocenters. The minimum atomic E-state index is -0.698. The molecule has 2 heterocycles. The number of amides is 1. The molecular weight excluding hydrogens is 268 g/mol. The summed E-state index contributed by atoms with van der Waals surface area (Å²) in [4.78, 5) is 20.6. The van der Waals surface area contributed by atoms with Crippen molar-refractivity contribution in [2.24, 2.45) is 0 Å². The summed E-state index contributed by atoms with van der Waals surface area (Å²) < 4.78 is 0. The monoisotopic (exact) mass is 292 g/mol. The molecule has 116 valence electrons. The average Bonchev–Trinajstić information content (AvgIpc) is 2.45. The highest BCUT2D eigenvalue weighted by Gasteiger charge is 2.26. The molecule has 0 radical (unpaired) electrons. The lowest BCUT2D eigenvalue weighted by molar-refractivity contribution is 0.0179. The van der Waals surface area contributed by atoms with Crippen molar-refractivity contribution in [3.05, 3.63) is 24.0 Å². The molecule has 1 aromatic heterocycles. The number of aliphatic hydroxyl groups is 1. The minimum absolute atomic E-state index is 0.0321. The second kappa shape index (κ2) is 6.41. The number of β-amino-alcohol motifs (C(OH)–C–C–N with tert-alkyl or cyclic N) is 1. The molecular formula is C15H24N4O2. The van der Waals surface area contributed by atoms with Crippen molar-refractivity contribution in [1.82, 2.24) is 14.8 Å². The van der Waals surface area contributed by atoms with E-state index in [0.717, 1.165) is 18.8 Å². The topological polar surface area (TPSA) is 68.7 Å². The second-order valence-electron chi connectivity index (χ2n) is 6.05. The Kier molecular flexibility index (Phi) is 4.80. The summed E-state index contributed by atoms with van der Waals surface area (Å²) in [6.07, 6.45) is 3.30. The Hall–Kier alpha value is -1.66. The van der Waals surface area contributed by atoms with Gasteiger partial charge in [0.15, 0.2) is 0 Å². The number of carbonyl (C=O) groups is 1. The van der Waals surface area contributed by atoms with E-state index in [2.05, 4.69) is 15.2 Å². The normalized spacial score (nSPS) is 16.9. The van der Waals surface area contributed by atoms with E-state index in [0.29, 0.717) is 25.2 Å². The van der Waals surface area contributed by atoms with Gasteiger partial charge in [0, 0.05) is 46.0 Å². The van der Waals surface area contributed by atoms with Crippen LogP contribution in [0, 0.1) is 0 Å². The second-order valence-corrected chi connectivity index (χ2v) is 6.05. The van der Waals surface area contributed by atoms with Gasteiger partial charge in [-0.3, -0.25) is 14.7 Å². The number of carbonyl (C=O) groups excluding carboxylic acids is 1. The van der Waals surface area contributed by atoms with Gasteiger partial charge in [0.25, 0.3) is 5.91 Å². The zero-order chi connectivity index (χ0) is 15.5. The first kappa shape index (κ1) is 15.7. The van der Waals surface area contributed by atoms with Crippen LogP contribution in [-0.2, 0) is 0 Å². The van der Waals surface area contributed by atoms with Crippen molar-refractivity contribution >= 4 is 11.6 Å². The molecule has 1 saturated heterocycles. The molecule has 1 aliphatic heterocycles. The average molecular weight is 292 g/mol. The third kappa shape index (κ3) is 4.15. The molecule has 0 aromatic carbocycles. The summed E-state index contributed by atoms with van der Waals surface area (Å²) in [6.45, 7) is 7.18. The molecule has 2 rings (SSSR count). The number of nitrogens with one attached hydrogen (secondary N) is 1. The fourth-order valence-corrected chi connectivity index (χ4v) is 2.61. The van der Waals surface area contributed by atoms with Crippen molar-refractivity contribution in [1.29, 1.82) is 0 Å². The maximum atomic E-state index is 12.6. The first-order valence-corrected chi connectivity index (χ1v) is 7.26. The third-order valence-corrected chi connectivity index (χ3v) is 3.59. The highest BCUT2D eigenvalue weighted by Crippen LogP contribution is 2.17. The predicted molar refractivity (Wildman–Crippen MR) is 82.4 cm³/mol. The SMILES string of the molecule is CNc1cnccc1C(=O)N1CCN(CC(C)(C)O)CC1. The quantitative estimate of drug-likeness (QED) is 0.853. The summed E-state index contributed by atoms with van der Waals surface area (Å²) >= 11 is 0. The molecule has 1 aromatic rings. The van der Waals surface area contributed by atoms with Crippen LogP contribution in [0.5, 0.6) is 0 Å². The van der Waals surface area contributed by atoms with Gasteiger partial charge < -0.3 is 15.3 Å². The summed E-state index contributed by atoms with van der Waals surface area (Å²) in [5.74, 6) is 0.0321. The molecule has 0 bridgehead atoms. The van der Waals surface area contributed by atoms with Crippen LogP contribution in [0.15, 0.2) is 18.5 Å². The number of piperazine rings is 1. The van der Waals surface area contributed by atoms with Gasteiger partial charge in [0.2, 0.25) is 0 Å². The molecule has 0 atom stereocenters. The molecule has 6 heteroatoms. The van der Waals surface area contributed by atoms with Gasteiger partial charge in [-0.15, -0.1) is 0 Å². The molecule has 0 spiro atoms. The van der Waals surface area contributed by atoms with E-state index in [9.17, 15) is 9.90 Å². The molecule has 21 heavy (non-hydrogen) atoms. The Balaban J connectivity index is 1.97. The summed E-state index contributed by atoms with van der Waals surface area (Å²) in [7, 11) is 1.79. The van der Waals surface area contributed by atoms with Gasteiger partial charge >= 0.3 is 0 Å². The fourth-order valence-electron chi connectivity index (χ4n) is 2.61. The first-order chi connectivity index (χ1) is 9.90. The Bertz CT molecular complexity index is 491. The number of rotatable bonds is 4. The molecule has 1 amide bonds. The molecule has 1 aliphatic rings. The Labute approximate surface area is 125 Å². The van der Waals surface area contributed by atoms with E-state index >= 15 is 0 Å². The van der Waals surface area contributed by atoms with Gasteiger partial charge in [-0.25, -0.2) is 0 Å². The summed E-state index contributed by atoms with van der Waals surface area (Å²) in [5.41, 5.74) is 0.709. The zero-order valence-corrected chi connectivity index (χ0v) is 13.0. The largest absolute Gasteiger partial charge is 0.389 e. The number of hydrogen-bond acceptors (Lipinski definition) is 5. The minimum Gasteiger partial charge on any atom is -0.389 e. The van der Waals surface area contributed by atoms with Crippen molar-refractivity contribution in [3.8, 4) is 0 Å². The van der Waals surface area contributed by atoms with E-state index in [4.69, 9.17) is 0 Å². The van der Waals surface area contributed by atoms with Crippen LogP contribution in [-0.4, -0.2) is 71.2 Å².